The molecule has 4 fully saturated rings. The van der Waals surface area contributed by atoms with Gasteiger partial charge in [-0.05, 0) is 67.8 Å². The molecule has 0 atom stereocenters. The Morgan fingerprint density at radius 3 is 2.24 bits per heavy atom. The van der Waals surface area contributed by atoms with Gasteiger partial charge in [-0.15, -0.1) is 11.3 Å². The third-order valence-corrected chi connectivity index (χ3v) is 7.18. The molecule has 5 heteroatoms. The van der Waals surface area contributed by atoms with Crippen LogP contribution in [0, 0.1) is 23.2 Å². The first-order valence-corrected chi connectivity index (χ1v) is 9.33. The summed E-state index contributed by atoms with van der Waals surface area (Å²) in [6.45, 7) is 0.805. The minimum atomic E-state index is -0.0705. The van der Waals surface area contributed by atoms with Gasteiger partial charge in [0.05, 0.1) is 9.90 Å². The van der Waals surface area contributed by atoms with Crippen LogP contribution in [0.3, 0.4) is 0 Å². The maximum absolute atomic E-state index is 12.3. The molecule has 4 aliphatic rings. The Morgan fingerprint density at radius 1 is 1.19 bits per heavy atom. The van der Waals surface area contributed by atoms with Crippen LogP contribution in [0.5, 0.6) is 0 Å². The van der Waals surface area contributed by atoms with Crippen LogP contribution in [-0.4, -0.2) is 12.5 Å². The van der Waals surface area contributed by atoms with E-state index in [1.54, 1.807) is 6.07 Å². The molecule has 0 unspecified atom stereocenters. The van der Waals surface area contributed by atoms with Gasteiger partial charge < -0.3 is 5.32 Å². The molecule has 4 aliphatic carbocycles. The first kappa shape index (κ1) is 14.3. The largest absolute Gasteiger partial charge is 0.351 e. The van der Waals surface area contributed by atoms with E-state index in [2.05, 4.69) is 5.32 Å². The van der Waals surface area contributed by atoms with Gasteiger partial charge in [-0.25, -0.2) is 0 Å². The van der Waals surface area contributed by atoms with Crippen molar-refractivity contribution >= 4 is 40.4 Å². The number of hydrogen-bond acceptors (Lipinski definition) is 2. The third-order valence-electron chi connectivity index (χ3n) is 5.69. The van der Waals surface area contributed by atoms with Crippen molar-refractivity contribution in [1.29, 1.82) is 0 Å². The number of rotatable bonds is 3. The predicted octanol–water partition coefficient (Wildman–Crippen LogP) is 5.00. The number of carbonyl (C=O) groups excluding carboxylic acids is 1. The maximum atomic E-state index is 12.3. The fourth-order valence-corrected chi connectivity index (χ4v) is 6.82. The highest BCUT2D eigenvalue weighted by molar-refractivity contribution is 7.20. The van der Waals surface area contributed by atoms with Crippen LogP contribution in [0.4, 0.5) is 0 Å². The van der Waals surface area contributed by atoms with E-state index >= 15 is 0 Å². The monoisotopic (exact) mass is 343 g/mol. The van der Waals surface area contributed by atoms with Gasteiger partial charge in [-0.2, -0.15) is 0 Å². The summed E-state index contributed by atoms with van der Waals surface area (Å²) in [7, 11) is 0. The molecule has 0 aliphatic heterocycles. The van der Waals surface area contributed by atoms with Crippen molar-refractivity contribution in [3.05, 3.63) is 20.3 Å². The third kappa shape index (κ3) is 2.62. The number of carbonyl (C=O) groups is 1. The predicted molar refractivity (Wildman–Crippen MR) is 87.3 cm³/mol. The van der Waals surface area contributed by atoms with Gasteiger partial charge >= 0.3 is 0 Å². The lowest BCUT2D eigenvalue weighted by Gasteiger charge is -2.56. The maximum Gasteiger partial charge on any atom is 0.253 e. The van der Waals surface area contributed by atoms with Gasteiger partial charge in [0.1, 0.15) is 4.34 Å². The average molecular weight is 344 g/mol. The van der Waals surface area contributed by atoms with Crippen LogP contribution in [0.2, 0.25) is 8.67 Å². The van der Waals surface area contributed by atoms with Crippen molar-refractivity contribution in [2.45, 2.75) is 38.5 Å². The van der Waals surface area contributed by atoms with Gasteiger partial charge in [0.25, 0.3) is 5.91 Å². The molecule has 1 N–H and O–H groups in total. The van der Waals surface area contributed by atoms with Crippen LogP contribution < -0.4 is 5.32 Å². The van der Waals surface area contributed by atoms with Crippen LogP contribution in [-0.2, 0) is 0 Å². The summed E-state index contributed by atoms with van der Waals surface area (Å²) in [6.07, 6.45) is 8.20. The Hall–Kier alpha value is -0.250. The van der Waals surface area contributed by atoms with Crippen molar-refractivity contribution in [1.82, 2.24) is 5.32 Å². The van der Waals surface area contributed by atoms with E-state index in [0.29, 0.717) is 19.7 Å². The number of amides is 1. The molecule has 1 heterocycles. The summed E-state index contributed by atoms with van der Waals surface area (Å²) in [5, 5.41) is 3.13. The summed E-state index contributed by atoms with van der Waals surface area (Å²) in [4.78, 5) is 12.3. The quantitative estimate of drug-likeness (QED) is 0.821. The molecular weight excluding hydrogens is 325 g/mol. The van der Waals surface area contributed by atoms with Crippen molar-refractivity contribution in [2.24, 2.45) is 23.2 Å². The molecule has 2 nitrogen and oxygen atoms in total. The molecule has 5 rings (SSSR count). The summed E-state index contributed by atoms with van der Waals surface area (Å²) in [5.74, 6) is 2.66. The van der Waals surface area contributed by atoms with Crippen molar-refractivity contribution in [2.75, 3.05) is 6.54 Å². The molecule has 1 aromatic rings. The van der Waals surface area contributed by atoms with Gasteiger partial charge in [0.2, 0.25) is 0 Å². The van der Waals surface area contributed by atoms with Crippen LogP contribution >= 0.6 is 34.5 Å². The highest BCUT2D eigenvalue weighted by Crippen LogP contribution is 2.59. The molecule has 0 saturated heterocycles. The molecule has 4 bridgehead atoms. The number of thiophene rings is 1. The second kappa shape index (κ2) is 5.14. The molecule has 1 aromatic heterocycles. The fraction of sp³-hybridized carbons (Fsp3) is 0.688. The van der Waals surface area contributed by atoms with Crippen molar-refractivity contribution < 1.29 is 4.79 Å². The van der Waals surface area contributed by atoms with E-state index in [1.165, 1.54) is 49.9 Å². The Morgan fingerprint density at radius 2 is 1.76 bits per heavy atom. The fourth-order valence-electron chi connectivity index (χ4n) is 5.36. The molecule has 0 radical (unpaired) electrons. The normalized spacial score (nSPS) is 37.0. The first-order valence-electron chi connectivity index (χ1n) is 7.76. The molecule has 0 spiro atoms. The second-order valence-electron chi connectivity index (χ2n) is 7.34. The summed E-state index contributed by atoms with van der Waals surface area (Å²) in [5.41, 5.74) is 0.882. The highest BCUT2D eigenvalue weighted by atomic mass is 35.5. The Kier molecular flexibility index (Phi) is 3.51. The van der Waals surface area contributed by atoms with Gasteiger partial charge in [-0.3, -0.25) is 4.79 Å². The minimum Gasteiger partial charge on any atom is -0.351 e. The number of hydrogen-bond donors (Lipinski definition) is 1. The SMILES string of the molecule is O=C(NCC12CC3CC(CC(C3)C1)C2)c1cc(Cl)sc1Cl. The zero-order valence-corrected chi connectivity index (χ0v) is 14.2. The van der Waals surface area contributed by atoms with E-state index in [0.717, 1.165) is 24.3 Å². The lowest BCUT2D eigenvalue weighted by atomic mass is 9.49. The lowest BCUT2D eigenvalue weighted by molar-refractivity contribution is -0.0503. The first-order chi connectivity index (χ1) is 10.0. The van der Waals surface area contributed by atoms with Crippen LogP contribution in [0.25, 0.3) is 0 Å². The molecule has 4 saturated carbocycles. The topological polar surface area (TPSA) is 29.1 Å². The van der Waals surface area contributed by atoms with E-state index in [-0.39, 0.29) is 5.91 Å². The second-order valence-corrected chi connectivity index (χ2v) is 9.62. The van der Waals surface area contributed by atoms with E-state index in [9.17, 15) is 4.79 Å². The van der Waals surface area contributed by atoms with Crippen LogP contribution in [0.1, 0.15) is 48.9 Å². The van der Waals surface area contributed by atoms with E-state index in [4.69, 9.17) is 23.2 Å². The van der Waals surface area contributed by atoms with Gasteiger partial charge in [-0.1, -0.05) is 23.2 Å². The summed E-state index contributed by atoms with van der Waals surface area (Å²) < 4.78 is 1.06. The highest BCUT2D eigenvalue weighted by Gasteiger charge is 2.50. The molecular formula is C16H19Cl2NOS. The smallest absolute Gasteiger partial charge is 0.253 e. The molecule has 114 valence electrons. The zero-order chi connectivity index (χ0) is 14.6. The lowest BCUT2D eigenvalue weighted by Crippen LogP contribution is -2.51. The number of nitrogens with one attached hydrogen (secondary N) is 1. The molecule has 0 aromatic carbocycles. The number of halogens is 2. The Labute approximate surface area is 139 Å². The van der Waals surface area contributed by atoms with Gasteiger partial charge in [0, 0.05) is 6.54 Å². The minimum absolute atomic E-state index is 0.0705. The summed E-state index contributed by atoms with van der Waals surface area (Å²) >= 11 is 13.2. The standard InChI is InChI=1S/C16H19Cl2NOS/c17-13-4-12(14(18)21-13)15(20)19-8-16-5-9-1-10(6-16)3-11(2-9)7-16/h4,9-11H,1-3,5-8H2,(H,19,20). The van der Waals surface area contributed by atoms with Crippen molar-refractivity contribution in [3.8, 4) is 0 Å². The molecule has 1 amide bonds. The zero-order valence-electron chi connectivity index (χ0n) is 11.8. The summed E-state index contributed by atoms with van der Waals surface area (Å²) in [6, 6.07) is 1.67. The van der Waals surface area contributed by atoms with E-state index < -0.39 is 0 Å². The molecule has 21 heavy (non-hydrogen) atoms. The van der Waals surface area contributed by atoms with Crippen LogP contribution in [0.15, 0.2) is 6.07 Å². The van der Waals surface area contributed by atoms with Gasteiger partial charge in [0.15, 0.2) is 0 Å². The Bertz CT molecular complexity index is 548. The average Bonchev–Trinajstić information content (AvgIpc) is 2.74. The Balaban J connectivity index is 1.45. The van der Waals surface area contributed by atoms with E-state index in [1.807, 2.05) is 0 Å². The van der Waals surface area contributed by atoms with Crippen molar-refractivity contribution in [3.63, 3.8) is 0 Å².